The molecule has 0 fully saturated rings. The van der Waals surface area contributed by atoms with Crippen molar-refractivity contribution in [2.75, 3.05) is 4.90 Å². The van der Waals surface area contributed by atoms with Gasteiger partial charge < -0.3 is 4.90 Å². The summed E-state index contributed by atoms with van der Waals surface area (Å²) in [5, 5.41) is 0. The van der Waals surface area contributed by atoms with Crippen molar-refractivity contribution in [3.63, 3.8) is 0 Å². The van der Waals surface area contributed by atoms with Gasteiger partial charge in [-0.05, 0) is 147 Å². The maximum absolute atomic E-state index is 4.17. The Kier molecular flexibility index (Phi) is 11.1. The van der Waals surface area contributed by atoms with Crippen LogP contribution in [0.2, 0.25) is 0 Å². The first-order valence-corrected chi connectivity index (χ1v) is 24.6. The third kappa shape index (κ3) is 6.66. The van der Waals surface area contributed by atoms with Crippen LogP contribution in [0, 0.1) is 18.3 Å². The van der Waals surface area contributed by atoms with E-state index in [1.807, 2.05) is 6.08 Å². The molecule has 0 N–H and O–H groups in total. The molecule has 7 aromatic rings. The van der Waals surface area contributed by atoms with Crippen LogP contribution in [0.3, 0.4) is 0 Å². The zero-order valence-corrected chi connectivity index (χ0v) is 40.5. The summed E-state index contributed by atoms with van der Waals surface area (Å²) >= 11 is 0. The molecule has 4 aliphatic rings. The smallest absolute Gasteiger partial charge is 0.0720 e. The summed E-state index contributed by atoms with van der Waals surface area (Å²) in [6.07, 6.45) is 28.3. The Morgan fingerprint density at radius 1 is 0.638 bits per heavy atom. The predicted octanol–water partition coefficient (Wildman–Crippen LogP) is 17.8. The van der Waals surface area contributed by atoms with Gasteiger partial charge in [0.05, 0.1) is 16.5 Å². The quantitative estimate of drug-likeness (QED) is 0.144. The highest BCUT2D eigenvalue weighted by atomic mass is 15.1. The Morgan fingerprint density at radius 3 is 1.93 bits per heavy atom. The van der Waals surface area contributed by atoms with Crippen LogP contribution in [0.4, 0.5) is 17.1 Å². The number of hydrogen-bond donors (Lipinski definition) is 0. The third-order valence-corrected chi connectivity index (χ3v) is 15.9. The van der Waals surface area contributed by atoms with Gasteiger partial charge >= 0.3 is 0 Å². The van der Waals surface area contributed by atoms with Crippen molar-refractivity contribution in [2.24, 2.45) is 11.3 Å². The molecule has 1 heteroatoms. The zero-order chi connectivity index (χ0) is 47.3. The molecule has 0 radical (unpaired) electrons. The van der Waals surface area contributed by atoms with Crippen molar-refractivity contribution in [3.05, 3.63) is 299 Å². The highest BCUT2D eigenvalue weighted by Crippen LogP contribution is 2.68. The van der Waals surface area contributed by atoms with Crippen molar-refractivity contribution in [1.82, 2.24) is 0 Å². The van der Waals surface area contributed by atoms with Crippen LogP contribution < -0.4 is 4.90 Å². The van der Waals surface area contributed by atoms with Gasteiger partial charge in [0, 0.05) is 16.8 Å². The van der Waals surface area contributed by atoms with Crippen LogP contribution >= 0.6 is 0 Å². The van der Waals surface area contributed by atoms with E-state index in [0.717, 1.165) is 23.4 Å². The molecule has 0 aromatic heterocycles. The van der Waals surface area contributed by atoms with E-state index in [1.165, 1.54) is 83.6 Å². The van der Waals surface area contributed by atoms with Crippen LogP contribution in [-0.2, 0) is 10.8 Å². The van der Waals surface area contributed by atoms with Gasteiger partial charge in [0.25, 0.3) is 0 Å². The van der Waals surface area contributed by atoms with Crippen LogP contribution in [-0.4, -0.2) is 0 Å². The fourth-order valence-electron chi connectivity index (χ4n) is 12.6. The van der Waals surface area contributed by atoms with Crippen molar-refractivity contribution in [2.45, 2.75) is 51.9 Å². The van der Waals surface area contributed by atoms with Crippen molar-refractivity contribution < 1.29 is 0 Å². The monoisotopic (exact) mass is 889 g/mol. The topological polar surface area (TPSA) is 3.24 Å². The normalized spacial score (nSPS) is 23.3. The molecular weight excluding hydrogens is 831 g/mol. The molecule has 0 aliphatic heterocycles. The van der Waals surface area contributed by atoms with E-state index in [4.69, 9.17) is 0 Å². The summed E-state index contributed by atoms with van der Waals surface area (Å²) in [5.74, 6) is 0.0484. The summed E-state index contributed by atoms with van der Waals surface area (Å²) in [5.41, 5.74) is 20.8. The minimum absolute atomic E-state index is 0.0484. The number of aryl methyl sites for hydroxylation is 1. The van der Waals surface area contributed by atoms with E-state index in [1.54, 1.807) is 0 Å². The van der Waals surface area contributed by atoms with Crippen molar-refractivity contribution >= 4 is 22.6 Å². The Balaban J connectivity index is 1.31. The lowest BCUT2D eigenvalue weighted by molar-refractivity contribution is 0.250. The SMILES string of the molecule is C=C/C(C)=C(\C=C/C)c1ccc(N(c2ccc(-c3ccccc3)cc2)c2cccc3c2C2(C4=C\C/C=C\C=C/C(C)(\C=C/C=C\4)C2C)c2ccccc2C32c3ccccc3-c3ccccc32)cc1C. The second kappa shape index (κ2) is 17.4. The molecular formula is C68H59N. The van der Waals surface area contributed by atoms with Crippen LogP contribution in [0.25, 0.3) is 27.8 Å². The van der Waals surface area contributed by atoms with Crippen molar-refractivity contribution in [1.29, 1.82) is 0 Å². The van der Waals surface area contributed by atoms with E-state index in [-0.39, 0.29) is 11.3 Å². The fraction of sp³-hybridized carbons (Fsp3) is 0.147. The van der Waals surface area contributed by atoms with E-state index in [2.05, 4.69) is 277 Å². The summed E-state index contributed by atoms with van der Waals surface area (Å²) < 4.78 is 0. The average molecular weight is 890 g/mol. The van der Waals surface area contributed by atoms with Gasteiger partial charge in [0.2, 0.25) is 0 Å². The number of allylic oxidation sites excluding steroid dienone is 15. The molecule has 69 heavy (non-hydrogen) atoms. The standard InChI is InChI=1S/C68H59N/c1-7-25-55(47(3)8-2)56-43-42-54(46-48(56)4)69(53-40-38-51(39-41-53)50-26-12-11-13-27-50)64-37-24-36-63-65(64)67(49(5)66(6)44-22-10-9-14-28-52(67)29-21-23-45-66)61-34-19-20-35-62(61)68(63)59-32-17-15-30-57(59)58-31-16-18-33-60(58)68/h7-13,15-46,49H,2,14H2,1,3-6H3/b10-9-,25-7-,29-21-,44-22-,45-23-,52-28-,55-47+. The molecule has 7 aromatic carbocycles. The maximum Gasteiger partial charge on any atom is 0.0720 e. The van der Waals surface area contributed by atoms with E-state index in [9.17, 15) is 0 Å². The molecule has 2 bridgehead atoms. The molecule has 0 saturated carbocycles. The Labute approximate surface area is 409 Å². The number of fused-ring (bicyclic) bond motifs is 10. The number of rotatable bonds is 7. The van der Waals surface area contributed by atoms with Gasteiger partial charge in [-0.1, -0.05) is 227 Å². The molecule has 3 unspecified atom stereocenters. The second-order valence-electron chi connectivity index (χ2n) is 19.4. The molecule has 11 rings (SSSR count). The molecule has 336 valence electrons. The van der Waals surface area contributed by atoms with Crippen LogP contribution in [0.15, 0.2) is 254 Å². The molecule has 4 aliphatic carbocycles. The van der Waals surface area contributed by atoms with Gasteiger partial charge in [0.1, 0.15) is 0 Å². The first-order valence-electron chi connectivity index (χ1n) is 24.6. The first kappa shape index (κ1) is 43.8. The van der Waals surface area contributed by atoms with Crippen LogP contribution in [0.1, 0.15) is 78.6 Å². The lowest BCUT2D eigenvalue weighted by atomic mass is 9.46. The molecule has 0 heterocycles. The number of nitrogens with zero attached hydrogens (tertiary/aromatic N) is 1. The summed E-state index contributed by atoms with van der Waals surface area (Å²) in [4.78, 5) is 2.57. The van der Waals surface area contributed by atoms with Gasteiger partial charge in [-0.25, -0.2) is 0 Å². The summed E-state index contributed by atoms with van der Waals surface area (Å²) in [6, 6.07) is 62.2. The van der Waals surface area contributed by atoms with E-state index in [0.29, 0.717) is 0 Å². The average Bonchev–Trinajstić information content (AvgIpc) is 3.68. The molecule has 0 saturated heterocycles. The molecule has 1 nitrogen and oxygen atoms in total. The lowest BCUT2D eigenvalue weighted by Crippen LogP contribution is -2.51. The fourth-order valence-corrected chi connectivity index (χ4v) is 12.6. The Hall–Kier alpha value is -7.74. The maximum atomic E-state index is 4.17. The first-order chi connectivity index (χ1) is 33.8. The van der Waals surface area contributed by atoms with Crippen LogP contribution in [0.5, 0.6) is 0 Å². The third-order valence-electron chi connectivity index (χ3n) is 15.9. The summed E-state index contributed by atoms with van der Waals surface area (Å²) in [6.45, 7) is 15.6. The second-order valence-corrected chi connectivity index (χ2v) is 19.4. The van der Waals surface area contributed by atoms with Gasteiger partial charge in [-0.15, -0.1) is 0 Å². The van der Waals surface area contributed by atoms with E-state index < -0.39 is 10.8 Å². The molecule has 2 spiro atoms. The number of hydrogen-bond acceptors (Lipinski definition) is 1. The Morgan fingerprint density at radius 2 is 1.25 bits per heavy atom. The zero-order valence-electron chi connectivity index (χ0n) is 40.5. The van der Waals surface area contributed by atoms with Gasteiger partial charge in [-0.2, -0.15) is 0 Å². The number of anilines is 3. The molecule has 3 atom stereocenters. The highest BCUT2D eigenvalue weighted by molar-refractivity contribution is 5.93. The predicted molar refractivity (Wildman–Crippen MR) is 294 cm³/mol. The highest BCUT2D eigenvalue weighted by Gasteiger charge is 2.61. The Bertz CT molecular complexity index is 3340. The van der Waals surface area contributed by atoms with Crippen molar-refractivity contribution in [3.8, 4) is 22.3 Å². The largest absolute Gasteiger partial charge is 0.310 e. The minimum Gasteiger partial charge on any atom is -0.310 e. The lowest BCUT2D eigenvalue weighted by Gasteiger charge is -2.56. The minimum atomic E-state index is -0.633. The van der Waals surface area contributed by atoms with E-state index >= 15 is 0 Å². The summed E-state index contributed by atoms with van der Waals surface area (Å²) in [7, 11) is 0. The van der Waals surface area contributed by atoms with Gasteiger partial charge in [-0.3, -0.25) is 0 Å². The van der Waals surface area contributed by atoms with Gasteiger partial charge in [0.15, 0.2) is 0 Å². The molecule has 0 amide bonds. The number of benzene rings is 7.